The summed E-state index contributed by atoms with van der Waals surface area (Å²) in [6.07, 6.45) is 2.23. The van der Waals surface area contributed by atoms with E-state index in [4.69, 9.17) is 4.74 Å². The second-order valence-electron chi connectivity index (χ2n) is 9.27. The van der Waals surface area contributed by atoms with Crippen LogP contribution in [0.4, 0.5) is 5.69 Å². The van der Waals surface area contributed by atoms with Crippen molar-refractivity contribution in [2.45, 2.75) is 11.6 Å². The number of fused-ring (bicyclic) bond motifs is 1. The molecule has 0 fully saturated rings. The minimum atomic E-state index is -1.19. The van der Waals surface area contributed by atoms with E-state index in [0.29, 0.717) is 0 Å². The summed E-state index contributed by atoms with van der Waals surface area (Å²) in [5.41, 5.74) is 3.63. The first-order valence-corrected chi connectivity index (χ1v) is 12.5. The smallest absolute Gasteiger partial charge is 0.341 e. The summed E-state index contributed by atoms with van der Waals surface area (Å²) in [6.45, 7) is 0. The predicted octanol–water partition coefficient (Wildman–Crippen LogP) is 7.55. The summed E-state index contributed by atoms with van der Waals surface area (Å²) in [7, 11) is 1.47. The van der Waals surface area contributed by atoms with Crippen LogP contribution < -0.4 is 4.90 Å². The Kier molecular flexibility index (Phi) is 5.82. The van der Waals surface area contributed by atoms with Gasteiger partial charge in [0, 0.05) is 5.69 Å². The van der Waals surface area contributed by atoms with Crippen LogP contribution in [0.3, 0.4) is 0 Å². The second kappa shape index (κ2) is 9.44. The normalized spacial score (nSPS) is 19.0. The van der Waals surface area contributed by atoms with E-state index in [0.717, 1.165) is 33.3 Å². The molecule has 0 amide bonds. The van der Waals surface area contributed by atoms with Crippen molar-refractivity contribution in [2.24, 2.45) is 0 Å². The maximum Gasteiger partial charge on any atom is 0.341 e. The molecule has 0 N–H and O–H groups in total. The van der Waals surface area contributed by atoms with Gasteiger partial charge in [-0.05, 0) is 51.2 Å². The summed E-state index contributed by atoms with van der Waals surface area (Å²) in [5.74, 6) is -0.319. The largest absolute Gasteiger partial charge is 0.467 e. The molecule has 6 rings (SSSR count). The van der Waals surface area contributed by atoms with Gasteiger partial charge in [-0.3, -0.25) is 0 Å². The third-order valence-electron chi connectivity index (χ3n) is 7.26. The summed E-state index contributed by atoms with van der Waals surface area (Å²) >= 11 is 0. The van der Waals surface area contributed by atoms with Gasteiger partial charge in [-0.15, -0.1) is 0 Å². The van der Waals surface area contributed by atoms with Crippen molar-refractivity contribution < 1.29 is 9.53 Å². The summed E-state index contributed by atoms with van der Waals surface area (Å²) in [4.78, 5) is 16.4. The van der Waals surface area contributed by atoms with Crippen LogP contribution in [-0.2, 0) is 15.1 Å². The van der Waals surface area contributed by atoms with E-state index in [1.165, 1.54) is 12.5 Å². The van der Waals surface area contributed by atoms with Gasteiger partial charge >= 0.3 is 5.97 Å². The molecule has 37 heavy (non-hydrogen) atoms. The molecule has 3 heteroatoms. The van der Waals surface area contributed by atoms with Crippen LogP contribution in [0.1, 0.15) is 22.7 Å². The highest BCUT2D eigenvalue weighted by atomic mass is 16.5. The van der Waals surface area contributed by atoms with Gasteiger partial charge in [-0.25, -0.2) is 4.79 Å². The molecule has 0 saturated carbocycles. The van der Waals surface area contributed by atoms with Gasteiger partial charge in [-0.1, -0.05) is 121 Å². The molecule has 1 aliphatic rings. The summed E-state index contributed by atoms with van der Waals surface area (Å²) in [5, 5.41) is 2.35. The third-order valence-corrected chi connectivity index (χ3v) is 7.26. The highest BCUT2D eigenvalue weighted by Gasteiger charge is 2.56. The fourth-order valence-electron chi connectivity index (χ4n) is 5.64. The zero-order valence-corrected chi connectivity index (χ0v) is 20.6. The fraction of sp³-hybridized carbons (Fsp3) is 0.0882. The van der Waals surface area contributed by atoms with Gasteiger partial charge in [0.05, 0.1) is 13.2 Å². The lowest BCUT2D eigenvalue weighted by atomic mass is 9.79. The molecule has 2 atom stereocenters. The molecular formula is C34H27NO2. The number of carbonyl (C=O) groups excluding carboxylic acids is 1. The Morgan fingerprint density at radius 2 is 1.30 bits per heavy atom. The van der Waals surface area contributed by atoms with Crippen LogP contribution in [0.25, 0.3) is 16.3 Å². The van der Waals surface area contributed by atoms with E-state index in [1.807, 2.05) is 66.7 Å². The van der Waals surface area contributed by atoms with E-state index in [2.05, 4.69) is 77.7 Å². The van der Waals surface area contributed by atoms with E-state index in [9.17, 15) is 4.79 Å². The average molecular weight is 482 g/mol. The van der Waals surface area contributed by atoms with Gasteiger partial charge in [0.1, 0.15) is 0 Å². The zero-order valence-electron chi connectivity index (χ0n) is 20.6. The number of esters is 1. The van der Waals surface area contributed by atoms with Gasteiger partial charge < -0.3 is 9.64 Å². The molecule has 0 radical (unpaired) electrons. The molecule has 1 aliphatic heterocycles. The minimum Gasteiger partial charge on any atom is -0.467 e. The molecule has 5 aromatic carbocycles. The van der Waals surface area contributed by atoms with Crippen LogP contribution in [0.2, 0.25) is 0 Å². The Bertz CT molecular complexity index is 1580. The van der Waals surface area contributed by atoms with Gasteiger partial charge in [0.15, 0.2) is 5.54 Å². The monoisotopic (exact) mass is 481 g/mol. The molecule has 5 aromatic rings. The van der Waals surface area contributed by atoms with Gasteiger partial charge in [0.25, 0.3) is 0 Å². The van der Waals surface area contributed by atoms with Crippen LogP contribution in [0.5, 0.6) is 0 Å². The Labute approximate surface area is 217 Å². The van der Waals surface area contributed by atoms with Gasteiger partial charge in [-0.2, -0.15) is 0 Å². The van der Waals surface area contributed by atoms with Crippen LogP contribution >= 0.6 is 0 Å². The molecule has 0 saturated heterocycles. The lowest BCUT2D eigenvalue weighted by Crippen LogP contribution is -2.51. The first kappa shape index (κ1) is 22.8. The quantitative estimate of drug-likeness (QED) is 0.243. The highest BCUT2D eigenvalue weighted by Crippen LogP contribution is 2.54. The Balaban J connectivity index is 1.69. The van der Waals surface area contributed by atoms with Crippen molar-refractivity contribution in [1.82, 2.24) is 0 Å². The number of methoxy groups -OCH3 is 1. The zero-order chi connectivity index (χ0) is 25.2. The Hall–Kier alpha value is -4.63. The van der Waals surface area contributed by atoms with Crippen LogP contribution in [-0.4, -0.2) is 13.1 Å². The molecule has 0 aromatic heterocycles. The lowest BCUT2D eigenvalue weighted by molar-refractivity contribution is -0.145. The third kappa shape index (κ3) is 3.71. The topological polar surface area (TPSA) is 29.5 Å². The maximum absolute atomic E-state index is 14.2. The minimum absolute atomic E-state index is 0.207. The molecule has 2 unspecified atom stereocenters. The maximum atomic E-state index is 14.2. The van der Waals surface area contributed by atoms with Gasteiger partial charge in [0.2, 0.25) is 0 Å². The van der Waals surface area contributed by atoms with Crippen molar-refractivity contribution in [3.05, 3.63) is 156 Å². The molecule has 0 spiro atoms. The number of carbonyl (C=O) groups is 1. The molecular weight excluding hydrogens is 454 g/mol. The first-order chi connectivity index (χ1) is 18.2. The van der Waals surface area contributed by atoms with E-state index < -0.39 is 5.54 Å². The molecule has 3 nitrogen and oxygen atoms in total. The summed E-state index contributed by atoms with van der Waals surface area (Å²) in [6, 6.07) is 45.0. The lowest BCUT2D eigenvalue weighted by Gasteiger charge is -2.43. The van der Waals surface area contributed by atoms with Crippen LogP contribution in [0.15, 0.2) is 140 Å². The highest BCUT2D eigenvalue weighted by molar-refractivity contribution is 6.05. The standard InChI is InChI=1S/C34H27NO2/c1-37-33(36)34(29-17-7-3-8-18-29)31(26-14-5-2-6-15-26)24-32(35(34)30-19-9-4-10-20-30)28-22-21-25-13-11-12-16-27(25)23-28/h2-24,32H,1H3. The first-order valence-electron chi connectivity index (χ1n) is 12.5. The Morgan fingerprint density at radius 3 is 1.97 bits per heavy atom. The van der Waals surface area contributed by atoms with E-state index >= 15 is 0 Å². The number of anilines is 1. The molecule has 1 heterocycles. The van der Waals surface area contributed by atoms with E-state index in [-0.39, 0.29) is 12.0 Å². The molecule has 0 bridgehead atoms. The number of rotatable bonds is 5. The van der Waals surface area contributed by atoms with Crippen molar-refractivity contribution in [1.29, 1.82) is 0 Å². The van der Waals surface area contributed by atoms with E-state index in [1.54, 1.807) is 0 Å². The number of hydrogen-bond donors (Lipinski definition) is 0. The number of ether oxygens (including phenoxy) is 1. The second-order valence-corrected chi connectivity index (χ2v) is 9.27. The number of hydrogen-bond acceptors (Lipinski definition) is 3. The average Bonchev–Trinajstić information content (AvgIpc) is 3.35. The number of benzene rings is 5. The van der Waals surface area contributed by atoms with Crippen molar-refractivity contribution in [3.8, 4) is 0 Å². The van der Waals surface area contributed by atoms with Crippen molar-refractivity contribution in [2.75, 3.05) is 12.0 Å². The van der Waals surface area contributed by atoms with Crippen LogP contribution in [0, 0.1) is 0 Å². The van der Waals surface area contributed by atoms with Crippen molar-refractivity contribution in [3.63, 3.8) is 0 Å². The number of nitrogens with zero attached hydrogens (tertiary/aromatic N) is 1. The number of para-hydroxylation sites is 1. The summed E-state index contributed by atoms with van der Waals surface area (Å²) < 4.78 is 5.63. The molecule has 180 valence electrons. The Morgan fingerprint density at radius 1 is 0.703 bits per heavy atom. The molecule has 0 aliphatic carbocycles. The fourth-order valence-corrected chi connectivity index (χ4v) is 5.64. The predicted molar refractivity (Wildman–Crippen MR) is 150 cm³/mol. The SMILES string of the molecule is COC(=O)C1(c2ccccc2)C(c2ccccc2)=CC(c2ccc3ccccc3c2)N1c1ccccc1. The van der Waals surface area contributed by atoms with Crippen molar-refractivity contribution >= 4 is 28.0 Å².